The lowest BCUT2D eigenvalue weighted by molar-refractivity contribution is -0.456. The van der Waals surface area contributed by atoms with Gasteiger partial charge in [0.1, 0.15) is 5.75 Å². The van der Waals surface area contributed by atoms with Crippen molar-refractivity contribution in [2.24, 2.45) is 16.7 Å². The number of halogens is 13. The van der Waals surface area contributed by atoms with Crippen LogP contribution in [0.25, 0.3) is 0 Å². The molecule has 1 aromatic rings. The fourth-order valence-electron chi connectivity index (χ4n) is 4.35. The Morgan fingerprint density at radius 2 is 1.16 bits per heavy atom. The Hall–Kier alpha value is -2.42. The van der Waals surface area contributed by atoms with Crippen molar-refractivity contribution in [3.8, 4) is 5.75 Å². The molecule has 0 saturated heterocycles. The van der Waals surface area contributed by atoms with E-state index in [4.69, 9.17) is 4.74 Å². The predicted octanol–water partition coefficient (Wildman–Crippen LogP) is 10.3. The molecule has 0 aliphatic heterocycles. The van der Waals surface area contributed by atoms with Gasteiger partial charge in [0.25, 0.3) is 0 Å². The molecule has 0 amide bonds. The Morgan fingerprint density at radius 1 is 0.711 bits per heavy atom. The van der Waals surface area contributed by atoms with E-state index >= 15 is 0 Å². The minimum Gasteiger partial charge on any atom is -0.465 e. The van der Waals surface area contributed by atoms with Gasteiger partial charge in [-0.2, -0.15) is 57.1 Å². The summed E-state index contributed by atoms with van der Waals surface area (Å²) >= 11 is 0. The summed E-state index contributed by atoms with van der Waals surface area (Å²) in [5.41, 5.74) is -0.300. The van der Waals surface area contributed by atoms with Crippen LogP contribution in [0.15, 0.2) is 12.1 Å². The Balaban J connectivity index is 3.23. The van der Waals surface area contributed by atoms with Crippen LogP contribution in [-0.4, -0.2) is 48.6 Å². The topological polar surface area (TPSA) is 35.5 Å². The van der Waals surface area contributed by atoms with Gasteiger partial charge in [-0.05, 0) is 59.9 Å². The lowest BCUT2D eigenvalue weighted by Crippen LogP contribution is -2.70. The second-order valence-electron chi connectivity index (χ2n) is 12.5. The molecule has 0 N–H and O–H groups in total. The summed E-state index contributed by atoms with van der Waals surface area (Å²) in [6, 6.07) is 1.20. The number of ether oxygens (including phenoxy) is 2. The van der Waals surface area contributed by atoms with Crippen molar-refractivity contribution in [3.63, 3.8) is 0 Å². The van der Waals surface area contributed by atoms with E-state index in [0.717, 1.165) is 6.42 Å². The fourth-order valence-corrected chi connectivity index (χ4v) is 4.35. The van der Waals surface area contributed by atoms with Gasteiger partial charge in [0, 0.05) is 6.42 Å². The number of carbonyl (C=O) groups is 1. The van der Waals surface area contributed by atoms with Crippen LogP contribution in [0.5, 0.6) is 5.75 Å². The van der Waals surface area contributed by atoms with Crippen LogP contribution >= 0.6 is 0 Å². The highest BCUT2D eigenvalue weighted by Gasteiger charge is 2.91. The molecule has 1 rings (SSSR count). The SMILES string of the molecule is CCC(C)(C)CC(C(=O)OCCc1c(C)cc(OC(F)(F)C(F)(F)C(F)(F)C(F)(F)C(F)(F)C(F)(F)F)cc1C)C(C)(C)CC. The number of carbonyl (C=O) groups excluding carboxylic acids is 1. The Bertz CT molecular complexity index is 1170. The average Bonchev–Trinajstić information content (AvgIpc) is 2.87. The van der Waals surface area contributed by atoms with Crippen molar-refractivity contribution in [1.82, 2.24) is 0 Å². The molecule has 1 atom stereocenters. The molecule has 0 spiro atoms. The summed E-state index contributed by atoms with van der Waals surface area (Å²) in [6.07, 6.45) is -12.3. The van der Waals surface area contributed by atoms with Crippen LogP contribution in [0, 0.1) is 30.6 Å². The minimum atomic E-state index is -8.01. The van der Waals surface area contributed by atoms with Gasteiger partial charge in [-0.25, -0.2) is 0 Å². The maximum atomic E-state index is 14.2. The standard InChI is InChI=1S/C29H37F13O3/c1-9-22(5,6)15-20(23(7,8)10-2)21(43)44-12-11-19-16(3)13-18(14-17(19)4)45-29(41,42)27(36,37)25(32,33)24(30,31)26(34,35)28(38,39)40/h13-14,20H,9-12,15H2,1-8H3. The van der Waals surface area contributed by atoms with Crippen LogP contribution in [0.1, 0.15) is 77.5 Å². The van der Waals surface area contributed by atoms with Crippen molar-refractivity contribution in [2.75, 3.05) is 6.61 Å². The first-order valence-electron chi connectivity index (χ1n) is 13.8. The molecule has 0 bridgehead atoms. The van der Waals surface area contributed by atoms with Crippen molar-refractivity contribution in [3.05, 3.63) is 28.8 Å². The van der Waals surface area contributed by atoms with E-state index in [-0.39, 0.29) is 29.6 Å². The van der Waals surface area contributed by atoms with Crippen molar-refractivity contribution < 1.29 is 71.3 Å². The largest absolute Gasteiger partial charge is 0.471 e. The first-order valence-corrected chi connectivity index (χ1v) is 13.8. The Kier molecular flexibility index (Phi) is 11.7. The highest BCUT2D eigenvalue weighted by atomic mass is 19.4. The van der Waals surface area contributed by atoms with Crippen LogP contribution in [0.3, 0.4) is 0 Å². The third-order valence-corrected chi connectivity index (χ3v) is 8.27. The Morgan fingerprint density at radius 3 is 1.56 bits per heavy atom. The zero-order valence-electron chi connectivity index (χ0n) is 25.9. The highest BCUT2D eigenvalue weighted by Crippen LogP contribution is 2.60. The molecule has 3 nitrogen and oxygen atoms in total. The zero-order chi connectivity index (χ0) is 35.8. The van der Waals surface area contributed by atoms with E-state index in [2.05, 4.69) is 4.74 Å². The van der Waals surface area contributed by atoms with E-state index < -0.39 is 59.0 Å². The second-order valence-corrected chi connectivity index (χ2v) is 12.5. The monoisotopic (exact) mass is 680 g/mol. The summed E-state index contributed by atoms with van der Waals surface area (Å²) in [5, 5.41) is 0. The second kappa shape index (κ2) is 13.0. The summed E-state index contributed by atoms with van der Waals surface area (Å²) in [6.45, 7) is 14.0. The van der Waals surface area contributed by atoms with Gasteiger partial charge in [0.2, 0.25) is 0 Å². The average molecular weight is 681 g/mol. The quantitative estimate of drug-likeness (QED) is 0.137. The van der Waals surface area contributed by atoms with Gasteiger partial charge in [-0.3, -0.25) is 4.79 Å². The van der Waals surface area contributed by atoms with E-state index in [9.17, 15) is 61.9 Å². The first-order chi connectivity index (χ1) is 19.9. The van der Waals surface area contributed by atoms with Crippen molar-refractivity contribution in [1.29, 1.82) is 0 Å². The molecular formula is C29H37F13O3. The predicted molar refractivity (Wildman–Crippen MR) is 138 cm³/mol. The third-order valence-electron chi connectivity index (χ3n) is 8.27. The molecule has 1 unspecified atom stereocenters. The van der Waals surface area contributed by atoms with Gasteiger partial charge in [-0.15, -0.1) is 0 Å². The minimum absolute atomic E-state index is 0.00147. The normalized spacial score (nSPS) is 15.2. The third kappa shape index (κ3) is 7.94. The maximum Gasteiger partial charge on any atom is 0.471 e. The van der Waals surface area contributed by atoms with Gasteiger partial charge in [0.05, 0.1) is 12.5 Å². The molecule has 0 fully saturated rings. The molecule has 0 saturated carbocycles. The number of hydrogen-bond acceptors (Lipinski definition) is 3. The number of esters is 1. The first kappa shape index (κ1) is 40.6. The zero-order valence-corrected chi connectivity index (χ0v) is 25.9. The Labute approximate surface area is 252 Å². The molecule has 16 heteroatoms. The molecule has 0 aromatic heterocycles. The maximum absolute atomic E-state index is 14.2. The van der Waals surface area contributed by atoms with E-state index in [1.165, 1.54) is 13.8 Å². The van der Waals surface area contributed by atoms with Crippen molar-refractivity contribution >= 4 is 5.97 Å². The van der Waals surface area contributed by atoms with E-state index in [1.54, 1.807) is 0 Å². The van der Waals surface area contributed by atoms with Crippen LogP contribution in [0.4, 0.5) is 57.1 Å². The van der Waals surface area contributed by atoms with E-state index in [0.29, 0.717) is 30.5 Å². The fraction of sp³-hybridized carbons (Fsp3) is 0.759. The molecule has 0 aliphatic rings. The summed E-state index contributed by atoms with van der Waals surface area (Å²) in [4.78, 5) is 13.1. The molecule has 1 aromatic carbocycles. The number of hydrogen-bond donors (Lipinski definition) is 0. The molecule has 0 aliphatic carbocycles. The number of benzene rings is 1. The number of rotatable bonds is 15. The van der Waals surface area contributed by atoms with Gasteiger partial charge < -0.3 is 9.47 Å². The van der Waals surface area contributed by atoms with Gasteiger partial charge in [0.15, 0.2) is 0 Å². The van der Waals surface area contributed by atoms with Crippen LogP contribution in [-0.2, 0) is 16.0 Å². The summed E-state index contributed by atoms with van der Waals surface area (Å²) in [5.74, 6) is -33.6. The highest BCUT2D eigenvalue weighted by molar-refractivity contribution is 5.73. The molecular weight excluding hydrogens is 643 g/mol. The molecule has 45 heavy (non-hydrogen) atoms. The molecule has 0 heterocycles. The summed E-state index contributed by atoms with van der Waals surface area (Å²) < 4.78 is 183. The van der Waals surface area contributed by atoms with Crippen LogP contribution < -0.4 is 4.74 Å². The summed E-state index contributed by atoms with van der Waals surface area (Å²) in [7, 11) is 0. The van der Waals surface area contributed by atoms with E-state index in [1.807, 2.05) is 41.5 Å². The van der Waals surface area contributed by atoms with Crippen molar-refractivity contribution in [2.45, 2.75) is 117 Å². The molecule has 262 valence electrons. The number of aryl methyl sites for hydroxylation is 2. The smallest absolute Gasteiger partial charge is 0.465 e. The lowest BCUT2D eigenvalue weighted by Gasteiger charge is -2.39. The number of alkyl halides is 13. The lowest BCUT2D eigenvalue weighted by atomic mass is 9.68. The van der Waals surface area contributed by atoms with Gasteiger partial charge in [-0.1, -0.05) is 54.4 Å². The van der Waals surface area contributed by atoms with Crippen LogP contribution in [0.2, 0.25) is 0 Å². The molecule has 0 radical (unpaired) electrons. The van der Waals surface area contributed by atoms with Gasteiger partial charge >= 0.3 is 41.9 Å².